The highest BCUT2D eigenvalue weighted by Gasteiger charge is 2.78. The van der Waals surface area contributed by atoms with Gasteiger partial charge in [-0.2, -0.15) is 31.3 Å². The van der Waals surface area contributed by atoms with Crippen LogP contribution >= 0.6 is 11.8 Å². The van der Waals surface area contributed by atoms with Crippen LogP contribution in [0.2, 0.25) is 0 Å². The Morgan fingerprint density at radius 3 is 2.34 bits per heavy atom. The minimum absolute atomic E-state index is 0.0516. The number of fused-ring (bicyclic) bond motifs is 1. The molecule has 14 heteroatoms. The summed E-state index contributed by atoms with van der Waals surface area (Å²) in [5, 5.41) is 13.8. The number of rotatable bonds is 7. The van der Waals surface area contributed by atoms with Gasteiger partial charge in [0.2, 0.25) is 5.95 Å². The number of nitrogens with two attached hydrogens (primary N) is 1. The molecular weight excluding hydrogens is 500 g/mol. The van der Waals surface area contributed by atoms with Gasteiger partial charge in [0, 0.05) is 22.6 Å². The van der Waals surface area contributed by atoms with E-state index in [1.54, 1.807) is 24.3 Å². The zero-order valence-corrected chi connectivity index (χ0v) is 19.3. The van der Waals surface area contributed by atoms with Gasteiger partial charge in [0.05, 0.1) is 26.4 Å². The zero-order chi connectivity index (χ0) is 25.8. The van der Waals surface area contributed by atoms with E-state index in [2.05, 4.69) is 15.0 Å². The highest BCUT2D eigenvalue weighted by atomic mass is 32.2. The second-order valence-corrected chi connectivity index (χ2v) is 9.74. The number of hydrogen-bond donors (Lipinski definition) is 1. The Balaban J connectivity index is 1.67. The molecule has 7 nitrogen and oxygen atoms in total. The minimum atomic E-state index is -4.80. The number of nitrogen functional groups attached to an aromatic ring is 1. The van der Waals surface area contributed by atoms with Crippen LogP contribution in [0.4, 0.5) is 32.3 Å². The lowest BCUT2D eigenvalue weighted by Gasteiger charge is -2.18. The molecule has 2 N–H and O–H groups in total. The average Bonchev–Trinajstić information content (AvgIpc) is 3.00. The third kappa shape index (κ3) is 4.99. The number of nitrogens with zero attached hydrogens (tertiary/aromatic N) is 4. The van der Waals surface area contributed by atoms with Gasteiger partial charge in [0.25, 0.3) is 0 Å². The molecule has 2 heterocycles. The summed E-state index contributed by atoms with van der Waals surface area (Å²) in [4.78, 5) is 13.1. The number of hydrogen-bond acceptors (Lipinski definition) is 6. The fraction of sp³-hybridized carbons (Fsp3) is 0.476. The number of halogens is 6. The maximum Gasteiger partial charge on any atom is 0.389 e. The number of alkyl halides is 6. The maximum absolute atomic E-state index is 13.4. The Morgan fingerprint density at radius 1 is 1.11 bits per heavy atom. The maximum atomic E-state index is 13.4. The second-order valence-electron chi connectivity index (χ2n) is 8.68. The van der Waals surface area contributed by atoms with Gasteiger partial charge in [-0.05, 0) is 24.3 Å². The van der Waals surface area contributed by atoms with E-state index in [-0.39, 0.29) is 17.1 Å². The second kappa shape index (κ2) is 8.43. The molecule has 0 bridgehead atoms. The van der Waals surface area contributed by atoms with Crippen molar-refractivity contribution in [3.8, 4) is 5.75 Å². The molecule has 35 heavy (non-hydrogen) atoms. The van der Waals surface area contributed by atoms with Crippen LogP contribution < -0.4 is 10.5 Å². The van der Waals surface area contributed by atoms with Gasteiger partial charge >= 0.3 is 12.4 Å². The standard InChI is InChI=1S/C21H20F6N5O2S/c1-18(8-21(25,26)27)13(7-20(22,23)24)19(18,33)9-32-10-29-14-15(32)30-17(28)31-16(14)35-12-5-3-11(34-2)4-6-12/h3-6,10,13H,7-9H2,1-2H3,(H2,28,30,31). The molecule has 3 atom stereocenters. The van der Waals surface area contributed by atoms with Crippen LogP contribution in [-0.2, 0) is 11.7 Å². The lowest BCUT2D eigenvalue weighted by atomic mass is 9.97. The molecule has 1 aromatic carbocycles. The summed E-state index contributed by atoms with van der Waals surface area (Å²) >= 11 is 1.18. The molecular formula is C21H20F6N5O2S. The molecule has 0 spiro atoms. The third-order valence-electron chi connectivity index (χ3n) is 6.35. The molecule has 1 aliphatic carbocycles. The molecule has 0 amide bonds. The first kappa shape index (κ1) is 25.4. The van der Waals surface area contributed by atoms with E-state index in [0.717, 1.165) is 22.7 Å². The molecule has 3 unspecified atom stereocenters. The molecule has 1 radical (unpaired) electrons. The van der Waals surface area contributed by atoms with E-state index in [4.69, 9.17) is 10.5 Å². The van der Waals surface area contributed by atoms with Crippen LogP contribution in [0, 0.1) is 11.3 Å². The summed E-state index contributed by atoms with van der Waals surface area (Å²) < 4.78 is 84.9. The van der Waals surface area contributed by atoms with Crippen molar-refractivity contribution in [3.63, 3.8) is 0 Å². The lowest BCUT2D eigenvalue weighted by Crippen LogP contribution is -2.27. The van der Waals surface area contributed by atoms with Crippen LogP contribution in [0.1, 0.15) is 19.8 Å². The van der Waals surface area contributed by atoms with Crippen LogP contribution in [0.15, 0.2) is 40.5 Å². The number of anilines is 1. The van der Waals surface area contributed by atoms with Crippen LogP contribution in [0.25, 0.3) is 11.2 Å². The lowest BCUT2D eigenvalue weighted by molar-refractivity contribution is -0.158. The molecule has 1 saturated carbocycles. The van der Waals surface area contributed by atoms with Crippen molar-refractivity contribution in [1.29, 1.82) is 0 Å². The Kier molecular flexibility index (Phi) is 6.11. The van der Waals surface area contributed by atoms with Crippen molar-refractivity contribution in [2.45, 2.75) is 54.2 Å². The van der Waals surface area contributed by atoms with Gasteiger partial charge in [-0.3, -0.25) is 0 Å². The predicted octanol–water partition coefficient (Wildman–Crippen LogP) is 5.28. The number of aromatic nitrogens is 4. The van der Waals surface area contributed by atoms with Gasteiger partial charge in [0.1, 0.15) is 21.9 Å². The first-order chi connectivity index (χ1) is 16.1. The van der Waals surface area contributed by atoms with Gasteiger partial charge in [-0.15, -0.1) is 0 Å². The molecule has 1 fully saturated rings. The van der Waals surface area contributed by atoms with Crippen molar-refractivity contribution in [1.82, 2.24) is 19.5 Å². The number of benzene rings is 1. The molecule has 1 aliphatic rings. The highest BCUT2D eigenvalue weighted by Crippen LogP contribution is 2.70. The number of methoxy groups -OCH3 is 1. The van der Waals surface area contributed by atoms with Gasteiger partial charge in [-0.1, -0.05) is 18.7 Å². The fourth-order valence-electron chi connectivity index (χ4n) is 4.56. The SMILES string of the molecule is COc1ccc(Sc2nc(N)nc3c2ncn3CC2([O])C(CC(F)(F)F)C2(C)CC(F)(F)F)cc1. The summed E-state index contributed by atoms with van der Waals surface area (Å²) in [5.74, 6) is -1.32. The number of ether oxygens (including phenoxy) is 1. The van der Waals surface area contributed by atoms with Crippen molar-refractivity contribution in [2.75, 3.05) is 12.8 Å². The largest absolute Gasteiger partial charge is 0.497 e. The number of imidazole rings is 1. The summed E-state index contributed by atoms with van der Waals surface area (Å²) in [5.41, 5.74) is 1.40. The Bertz CT molecular complexity index is 1230. The molecule has 189 valence electrons. The zero-order valence-electron chi connectivity index (χ0n) is 18.4. The quantitative estimate of drug-likeness (QED) is 0.336. The molecule has 3 aromatic rings. The topological polar surface area (TPSA) is 98.8 Å². The van der Waals surface area contributed by atoms with Crippen LogP contribution in [-0.4, -0.2) is 44.6 Å². The highest BCUT2D eigenvalue weighted by molar-refractivity contribution is 7.99. The van der Waals surface area contributed by atoms with Crippen molar-refractivity contribution < 1.29 is 36.2 Å². The first-order valence-corrected chi connectivity index (χ1v) is 11.1. The molecule has 0 aliphatic heterocycles. The summed E-state index contributed by atoms with van der Waals surface area (Å²) in [6.07, 6.45) is -11.6. The fourth-order valence-corrected chi connectivity index (χ4v) is 5.43. The van der Waals surface area contributed by atoms with E-state index in [0.29, 0.717) is 10.8 Å². The minimum Gasteiger partial charge on any atom is -0.497 e. The van der Waals surface area contributed by atoms with E-state index >= 15 is 0 Å². The summed E-state index contributed by atoms with van der Waals surface area (Å²) in [6, 6.07) is 6.95. The monoisotopic (exact) mass is 520 g/mol. The van der Waals surface area contributed by atoms with Crippen molar-refractivity contribution in [3.05, 3.63) is 30.6 Å². The predicted molar refractivity (Wildman–Crippen MR) is 113 cm³/mol. The van der Waals surface area contributed by atoms with E-state index in [9.17, 15) is 31.4 Å². The summed E-state index contributed by atoms with van der Waals surface area (Å²) in [6.45, 7) is 0.275. The first-order valence-electron chi connectivity index (χ1n) is 10.3. The summed E-state index contributed by atoms with van der Waals surface area (Å²) in [7, 11) is 1.52. The van der Waals surface area contributed by atoms with Crippen LogP contribution in [0.3, 0.4) is 0 Å². The van der Waals surface area contributed by atoms with Crippen LogP contribution in [0.5, 0.6) is 5.75 Å². The van der Waals surface area contributed by atoms with Crippen molar-refractivity contribution in [2.24, 2.45) is 11.3 Å². The Labute approximate surface area is 199 Å². The smallest absolute Gasteiger partial charge is 0.389 e. The van der Waals surface area contributed by atoms with E-state index in [1.807, 2.05) is 0 Å². The van der Waals surface area contributed by atoms with E-state index in [1.165, 1.54) is 18.9 Å². The third-order valence-corrected chi connectivity index (χ3v) is 7.33. The molecule has 4 rings (SSSR count). The Morgan fingerprint density at radius 2 is 1.77 bits per heavy atom. The molecule has 0 saturated heterocycles. The van der Waals surface area contributed by atoms with E-state index < -0.39 is 48.7 Å². The van der Waals surface area contributed by atoms with Crippen molar-refractivity contribution >= 4 is 28.9 Å². The average molecular weight is 520 g/mol. The van der Waals surface area contributed by atoms with Gasteiger partial charge in [-0.25, -0.2) is 15.1 Å². The van der Waals surface area contributed by atoms with Gasteiger partial charge < -0.3 is 15.0 Å². The van der Waals surface area contributed by atoms with Gasteiger partial charge in [0.15, 0.2) is 5.65 Å². The normalized spacial score (nSPS) is 24.7. The Hall–Kier alpha value is -2.74. The molecule has 2 aromatic heterocycles.